The van der Waals surface area contributed by atoms with Gasteiger partial charge in [0.1, 0.15) is 11.5 Å². The molecule has 0 radical (unpaired) electrons. The number of amides is 1. The van der Waals surface area contributed by atoms with Crippen LogP contribution in [0.3, 0.4) is 0 Å². The van der Waals surface area contributed by atoms with Gasteiger partial charge in [-0.25, -0.2) is 0 Å². The number of rotatable bonds is 4. The molecule has 5 heteroatoms. The van der Waals surface area contributed by atoms with Gasteiger partial charge in [-0.15, -0.1) is 0 Å². The SMILES string of the molecule is Cc1ccc(CC2Oc3cc(O)ccc3N(CCO)C2=O)cc1C. The first kappa shape index (κ1) is 16.3. The van der Waals surface area contributed by atoms with Crippen LogP contribution in [0.15, 0.2) is 36.4 Å². The molecule has 0 spiro atoms. The number of benzene rings is 2. The largest absolute Gasteiger partial charge is 0.508 e. The fourth-order valence-electron chi connectivity index (χ4n) is 2.92. The number of fused-ring (bicyclic) bond motifs is 1. The Morgan fingerprint density at radius 2 is 1.92 bits per heavy atom. The van der Waals surface area contributed by atoms with Crippen LogP contribution in [0.4, 0.5) is 5.69 Å². The van der Waals surface area contributed by atoms with E-state index in [1.807, 2.05) is 26.0 Å². The minimum Gasteiger partial charge on any atom is -0.508 e. The number of nitrogens with zero attached hydrogens (tertiary/aromatic N) is 1. The molecule has 0 bridgehead atoms. The van der Waals surface area contributed by atoms with Crippen molar-refractivity contribution in [3.8, 4) is 11.5 Å². The number of β-amino-alcohol motifs (C(OH)–C–C–N with tert-alkyl or cyclic N) is 1. The maximum atomic E-state index is 12.7. The van der Waals surface area contributed by atoms with Gasteiger partial charge in [0.05, 0.1) is 12.3 Å². The highest BCUT2D eigenvalue weighted by molar-refractivity contribution is 6.00. The number of ether oxygens (including phenoxy) is 1. The normalized spacial score (nSPS) is 16.7. The summed E-state index contributed by atoms with van der Waals surface area (Å²) in [6.45, 7) is 4.14. The van der Waals surface area contributed by atoms with Gasteiger partial charge in [0.25, 0.3) is 5.91 Å². The molecule has 0 saturated carbocycles. The van der Waals surface area contributed by atoms with Crippen LogP contribution in [0, 0.1) is 13.8 Å². The average molecular weight is 327 g/mol. The van der Waals surface area contributed by atoms with Crippen molar-refractivity contribution in [3.63, 3.8) is 0 Å². The number of phenols is 1. The van der Waals surface area contributed by atoms with Gasteiger partial charge in [0.15, 0.2) is 6.10 Å². The highest BCUT2D eigenvalue weighted by Crippen LogP contribution is 2.37. The predicted octanol–water partition coefficient (Wildman–Crippen LogP) is 2.34. The minimum atomic E-state index is -0.673. The molecule has 1 aliphatic rings. The van der Waals surface area contributed by atoms with Crippen molar-refractivity contribution in [3.05, 3.63) is 53.1 Å². The standard InChI is InChI=1S/C19H21NO4/c1-12-3-4-14(9-13(12)2)10-18-19(23)20(7-8-21)16-6-5-15(22)11-17(16)24-18/h3-6,9,11,18,21-22H,7-8,10H2,1-2H3. The smallest absolute Gasteiger partial charge is 0.268 e. The number of aryl methyl sites for hydroxylation is 2. The lowest BCUT2D eigenvalue weighted by Gasteiger charge is -2.34. The third-order valence-corrected chi connectivity index (χ3v) is 4.36. The molecule has 0 saturated heterocycles. The Morgan fingerprint density at radius 3 is 2.62 bits per heavy atom. The molecule has 2 aromatic carbocycles. The lowest BCUT2D eigenvalue weighted by Crippen LogP contribution is -2.48. The van der Waals surface area contributed by atoms with E-state index in [0.717, 1.165) is 5.56 Å². The number of hydrogen-bond acceptors (Lipinski definition) is 4. The fourth-order valence-corrected chi connectivity index (χ4v) is 2.92. The Kier molecular flexibility index (Phi) is 4.44. The van der Waals surface area contributed by atoms with Crippen LogP contribution in [0.2, 0.25) is 0 Å². The Morgan fingerprint density at radius 1 is 1.12 bits per heavy atom. The van der Waals surface area contributed by atoms with Gasteiger partial charge in [-0.2, -0.15) is 0 Å². The number of aliphatic hydroxyl groups excluding tert-OH is 1. The van der Waals surface area contributed by atoms with Gasteiger partial charge in [0.2, 0.25) is 0 Å². The summed E-state index contributed by atoms with van der Waals surface area (Å²) in [6.07, 6.45) is -0.232. The molecule has 0 aliphatic carbocycles. The Bertz CT molecular complexity index is 772. The second-order valence-corrected chi connectivity index (χ2v) is 6.09. The molecule has 126 valence electrons. The third kappa shape index (κ3) is 3.08. The first-order chi connectivity index (χ1) is 11.5. The number of carbonyl (C=O) groups excluding carboxylic acids is 1. The van der Waals surface area contributed by atoms with E-state index in [4.69, 9.17) is 4.74 Å². The molecule has 3 rings (SSSR count). The molecule has 5 nitrogen and oxygen atoms in total. The Balaban J connectivity index is 1.91. The van der Waals surface area contributed by atoms with Crippen molar-refractivity contribution in [2.75, 3.05) is 18.1 Å². The molecule has 0 fully saturated rings. The molecule has 1 heterocycles. The van der Waals surface area contributed by atoms with Crippen molar-refractivity contribution in [2.45, 2.75) is 26.4 Å². The number of carbonyl (C=O) groups is 1. The van der Waals surface area contributed by atoms with E-state index >= 15 is 0 Å². The van der Waals surface area contributed by atoms with E-state index in [-0.39, 0.29) is 24.8 Å². The monoisotopic (exact) mass is 327 g/mol. The van der Waals surface area contributed by atoms with Crippen LogP contribution in [0.5, 0.6) is 11.5 Å². The molecule has 1 amide bonds. The predicted molar refractivity (Wildman–Crippen MR) is 91.6 cm³/mol. The molecule has 1 atom stereocenters. The number of anilines is 1. The number of phenolic OH excluding ortho intramolecular Hbond substituents is 1. The second-order valence-electron chi connectivity index (χ2n) is 6.09. The summed E-state index contributed by atoms with van der Waals surface area (Å²) in [4.78, 5) is 14.3. The molecular weight excluding hydrogens is 306 g/mol. The van der Waals surface area contributed by atoms with E-state index in [1.165, 1.54) is 28.2 Å². The summed E-state index contributed by atoms with van der Waals surface area (Å²) >= 11 is 0. The van der Waals surface area contributed by atoms with E-state index in [2.05, 4.69) is 6.07 Å². The number of aliphatic hydroxyl groups is 1. The van der Waals surface area contributed by atoms with Gasteiger partial charge < -0.3 is 19.8 Å². The summed E-state index contributed by atoms with van der Waals surface area (Å²) < 4.78 is 5.84. The minimum absolute atomic E-state index is 0.0805. The van der Waals surface area contributed by atoms with Gasteiger partial charge in [-0.05, 0) is 42.7 Å². The van der Waals surface area contributed by atoms with E-state index < -0.39 is 6.10 Å². The first-order valence-corrected chi connectivity index (χ1v) is 7.97. The van der Waals surface area contributed by atoms with Crippen LogP contribution in [0.25, 0.3) is 0 Å². The summed E-state index contributed by atoms with van der Waals surface area (Å²) in [7, 11) is 0. The summed E-state index contributed by atoms with van der Waals surface area (Å²) in [6, 6.07) is 10.7. The number of aromatic hydroxyl groups is 1. The highest BCUT2D eigenvalue weighted by Gasteiger charge is 2.34. The van der Waals surface area contributed by atoms with Crippen molar-refractivity contribution in [2.24, 2.45) is 0 Å². The second kappa shape index (κ2) is 6.53. The zero-order chi connectivity index (χ0) is 17.3. The lowest BCUT2D eigenvalue weighted by atomic mass is 10.0. The van der Waals surface area contributed by atoms with Crippen molar-refractivity contribution in [1.82, 2.24) is 0 Å². The molecule has 24 heavy (non-hydrogen) atoms. The van der Waals surface area contributed by atoms with Crippen LogP contribution in [-0.4, -0.2) is 35.4 Å². The van der Waals surface area contributed by atoms with Crippen LogP contribution in [-0.2, 0) is 11.2 Å². The van der Waals surface area contributed by atoms with Crippen molar-refractivity contribution < 1.29 is 19.7 Å². The van der Waals surface area contributed by atoms with Gasteiger partial charge in [-0.1, -0.05) is 18.2 Å². The molecule has 0 aromatic heterocycles. The lowest BCUT2D eigenvalue weighted by molar-refractivity contribution is -0.126. The molecular formula is C19H21NO4. The average Bonchev–Trinajstić information content (AvgIpc) is 2.55. The molecule has 2 aromatic rings. The topological polar surface area (TPSA) is 70.0 Å². The van der Waals surface area contributed by atoms with E-state index in [1.54, 1.807) is 6.07 Å². The van der Waals surface area contributed by atoms with Crippen molar-refractivity contribution in [1.29, 1.82) is 0 Å². The molecule has 1 unspecified atom stereocenters. The maximum absolute atomic E-state index is 12.7. The van der Waals surface area contributed by atoms with E-state index in [9.17, 15) is 15.0 Å². The van der Waals surface area contributed by atoms with Crippen LogP contribution in [0.1, 0.15) is 16.7 Å². The van der Waals surface area contributed by atoms with Gasteiger partial charge >= 0.3 is 0 Å². The Hall–Kier alpha value is -2.53. The van der Waals surface area contributed by atoms with E-state index in [0.29, 0.717) is 17.9 Å². The highest BCUT2D eigenvalue weighted by atomic mass is 16.5. The first-order valence-electron chi connectivity index (χ1n) is 7.97. The fraction of sp³-hybridized carbons (Fsp3) is 0.316. The molecule has 1 aliphatic heterocycles. The summed E-state index contributed by atoms with van der Waals surface area (Å²) in [5.74, 6) is 0.356. The van der Waals surface area contributed by atoms with Crippen LogP contribution >= 0.6 is 0 Å². The van der Waals surface area contributed by atoms with Gasteiger partial charge in [0, 0.05) is 19.0 Å². The zero-order valence-corrected chi connectivity index (χ0v) is 13.8. The molecule has 2 N–H and O–H groups in total. The Labute approximate surface area is 141 Å². The quantitative estimate of drug-likeness (QED) is 0.904. The summed E-state index contributed by atoms with van der Waals surface area (Å²) in [5, 5.41) is 19.0. The number of hydrogen-bond donors (Lipinski definition) is 2. The van der Waals surface area contributed by atoms with Crippen molar-refractivity contribution >= 4 is 11.6 Å². The third-order valence-electron chi connectivity index (χ3n) is 4.36. The summed E-state index contributed by atoms with van der Waals surface area (Å²) in [5.41, 5.74) is 3.96. The van der Waals surface area contributed by atoms with Gasteiger partial charge in [-0.3, -0.25) is 4.79 Å². The maximum Gasteiger partial charge on any atom is 0.268 e. The zero-order valence-electron chi connectivity index (χ0n) is 13.8. The van der Waals surface area contributed by atoms with Crippen LogP contribution < -0.4 is 9.64 Å².